The average Bonchev–Trinajstić information content (AvgIpc) is 3.90. The van der Waals surface area contributed by atoms with Crippen LogP contribution in [0.15, 0.2) is 205 Å². The summed E-state index contributed by atoms with van der Waals surface area (Å²) in [6.07, 6.45) is 1.76. The van der Waals surface area contributed by atoms with E-state index in [4.69, 9.17) is 24.4 Å². The van der Waals surface area contributed by atoms with Crippen molar-refractivity contribution in [1.82, 2.24) is 24.5 Å². The second-order valence-electron chi connectivity index (χ2n) is 15.8. The second kappa shape index (κ2) is 13.5. The smallest absolute Gasteiger partial charge is 0.183 e. The number of aromatic nitrogens is 5. The van der Waals surface area contributed by atoms with Crippen LogP contribution in [0.2, 0.25) is 0 Å². The molecular weight excluding hydrogens is 759 g/mol. The maximum absolute atomic E-state index is 6.30. The lowest BCUT2D eigenvalue weighted by molar-refractivity contribution is 0.668. The van der Waals surface area contributed by atoms with Gasteiger partial charge in [-0.3, -0.25) is 4.98 Å². The first-order valence-corrected chi connectivity index (χ1v) is 20.8. The zero-order valence-corrected chi connectivity index (χ0v) is 33.2. The molecule has 0 radical (unpaired) electrons. The summed E-state index contributed by atoms with van der Waals surface area (Å²) in [7, 11) is 0. The van der Waals surface area contributed by atoms with E-state index in [-0.39, 0.29) is 0 Å². The van der Waals surface area contributed by atoms with Gasteiger partial charge >= 0.3 is 0 Å². The minimum absolute atomic E-state index is 0.476. The predicted octanol–water partition coefficient (Wildman–Crippen LogP) is 14.4. The van der Waals surface area contributed by atoms with Crippen LogP contribution >= 0.6 is 0 Å². The van der Waals surface area contributed by atoms with Crippen molar-refractivity contribution >= 4 is 76.1 Å². The second-order valence-corrected chi connectivity index (χ2v) is 15.8. The fourth-order valence-electron chi connectivity index (χ4n) is 9.45. The molecule has 0 aliphatic carbocycles. The van der Waals surface area contributed by atoms with E-state index in [0.29, 0.717) is 23.2 Å². The summed E-state index contributed by atoms with van der Waals surface area (Å²) >= 11 is 0. The molecule has 4 aromatic heterocycles. The monoisotopic (exact) mass is 791 g/mol. The highest BCUT2D eigenvalue weighted by atomic mass is 16.3. The number of furan rings is 1. The van der Waals surface area contributed by atoms with Gasteiger partial charge in [-0.05, 0) is 85.9 Å². The molecule has 6 nitrogen and oxygen atoms in total. The quantitative estimate of drug-likeness (QED) is 0.162. The van der Waals surface area contributed by atoms with Gasteiger partial charge in [-0.25, -0.2) is 15.0 Å². The Hall–Kier alpha value is -8.48. The van der Waals surface area contributed by atoms with Crippen LogP contribution in [0.3, 0.4) is 0 Å². The summed E-state index contributed by atoms with van der Waals surface area (Å²) < 4.78 is 8.67. The number of rotatable bonds is 5. The van der Waals surface area contributed by atoms with Crippen LogP contribution in [-0.4, -0.2) is 24.5 Å². The third-order valence-electron chi connectivity index (χ3n) is 12.3. The Labute approximate surface area is 355 Å². The number of nitrogens with zero attached hydrogens (tertiary/aromatic N) is 5. The average molecular weight is 792 g/mol. The molecule has 6 heteroatoms. The molecule has 0 fully saturated rings. The first-order valence-electron chi connectivity index (χ1n) is 20.8. The van der Waals surface area contributed by atoms with Crippen LogP contribution in [0.4, 0.5) is 0 Å². The van der Waals surface area contributed by atoms with Gasteiger partial charge in [0.1, 0.15) is 16.9 Å². The molecule has 0 saturated heterocycles. The zero-order chi connectivity index (χ0) is 40.7. The predicted molar refractivity (Wildman–Crippen MR) is 254 cm³/mol. The fourth-order valence-corrected chi connectivity index (χ4v) is 9.45. The topological polar surface area (TPSA) is 69.6 Å². The first-order chi connectivity index (χ1) is 30.7. The van der Waals surface area contributed by atoms with Crippen LogP contribution in [0.25, 0.3) is 127 Å². The van der Waals surface area contributed by atoms with Crippen LogP contribution in [0.1, 0.15) is 0 Å². The van der Waals surface area contributed by atoms with Gasteiger partial charge in [0.05, 0.1) is 16.4 Å². The van der Waals surface area contributed by atoms with Gasteiger partial charge in [-0.2, -0.15) is 0 Å². The Kier molecular flexibility index (Phi) is 7.50. The molecule has 0 amide bonds. The molecule has 288 valence electrons. The molecule has 13 aromatic rings. The maximum Gasteiger partial charge on any atom is 0.183 e. The fraction of sp³-hybridized carbons (Fsp3) is 0. The third kappa shape index (κ3) is 5.30. The highest BCUT2D eigenvalue weighted by Crippen LogP contribution is 2.40. The molecule has 0 aliphatic heterocycles. The van der Waals surface area contributed by atoms with E-state index in [1.807, 2.05) is 30.3 Å². The van der Waals surface area contributed by atoms with E-state index in [0.717, 1.165) is 60.7 Å². The Balaban J connectivity index is 0.994. The van der Waals surface area contributed by atoms with Crippen LogP contribution in [-0.2, 0) is 0 Å². The molecule has 0 N–H and O–H groups in total. The van der Waals surface area contributed by atoms with E-state index >= 15 is 0 Å². The van der Waals surface area contributed by atoms with Crippen molar-refractivity contribution < 1.29 is 4.42 Å². The number of para-hydroxylation sites is 2. The molecule has 0 saturated carbocycles. The minimum atomic E-state index is 0.476. The van der Waals surface area contributed by atoms with Crippen LogP contribution in [0, 0.1) is 0 Å². The highest BCUT2D eigenvalue weighted by Gasteiger charge is 2.21. The van der Waals surface area contributed by atoms with E-state index in [1.54, 1.807) is 6.20 Å². The number of pyridine rings is 1. The van der Waals surface area contributed by atoms with Gasteiger partial charge in [-0.1, -0.05) is 152 Å². The summed E-state index contributed by atoms with van der Waals surface area (Å²) in [6, 6.07) is 68.2. The molecule has 0 aliphatic rings. The van der Waals surface area contributed by atoms with Crippen molar-refractivity contribution in [2.75, 3.05) is 0 Å². The molecule has 62 heavy (non-hydrogen) atoms. The summed E-state index contributed by atoms with van der Waals surface area (Å²) in [5.41, 5.74) is 9.46. The lowest BCUT2D eigenvalue weighted by Crippen LogP contribution is -2.02. The van der Waals surface area contributed by atoms with Gasteiger partial charge in [0.2, 0.25) is 0 Å². The highest BCUT2D eigenvalue weighted by molar-refractivity contribution is 6.21. The van der Waals surface area contributed by atoms with E-state index < -0.39 is 0 Å². The van der Waals surface area contributed by atoms with Gasteiger partial charge in [0, 0.05) is 39.2 Å². The summed E-state index contributed by atoms with van der Waals surface area (Å²) in [5.74, 6) is 1.60. The number of hydrogen-bond donors (Lipinski definition) is 0. The molecule has 0 atom stereocenters. The Morgan fingerprint density at radius 1 is 0.371 bits per heavy atom. The van der Waals surface area contributed by atoms with Crippen molar-refractivity contribution in [2.24, 2.45) is 0 Å². The first kappa shape index (κ1) is 34.4. The van der Waals surface area contributed by atoms with Gasteiger partial charge in [-0.15, -0.1) is 0 Å². The van der Waals surface area contributed by atoms with E-state index in [1.165, 1.54) is 43.4 Å². The van der Waals surface area contributed by atoms with Crippen LogP contribution < -0.4 is 0 Å². The number of hydrogen-bond acceptors (Lipinski definition) is 5. The summed E-state index contributed by atoms with van der Waals surface area (Å²) in [5, 5.41) is 11.5. The van der Waals surface area contributed by atoms with Gasteiger partial charge < -0.3 is 8.98 Å². The van der Waals surface area contributed by atoms with Gasteiger partial charge in [0.25, 0.3) is 0 Å². The molecule has 0 spiro atoms. The Morgan fingerprint density at radius 2 is 0.984 bits per heavy atom. The van der Waals surface area contributed by atoms with Crippen LogP contribution in [0.5, 0.6) is 0 Å². The molecular formula is C56H33N5O. The molecule has 0 unspecified atom stereocenters. The van der Waals surface area contributed by atoms with Crippen molar-refractivity contribution in [3.8, 4) is 51.1 Å². The SMILES string of the molecule is c1ccc(-c2nc(-c3ccc4ccc5ccccc5c4c3)nc(-c3nccc4oc5ccccc5c34)n2)c(-c2ccc(-n3c4ccccc4c4c5ccccc5ccc43)cc2)c1. The van der Waals surface area contributed by atoms with Crippen molar-refractivity contribution in [2.45, 2.75) is 0 Å². The van der Waals surface area contributed by atoms with Gasteiger partial charge in [0.15, 0.2) is 17.5 Å². The summed E-state index contributed by atoms with van der Waals surface area (Å²) in [4.78, 5) is 20.7. The standard InChI is InChI=1S/C56H33N5O/c1-3-14-41-34(11-1)21-22-37-23-24-38(33-46(37)41)54-58-55(60-56(59-54)53-52-45-18-8-10-20-49(45)62-50(52)31-32-57-53)43-16-6-5-13-40(43)36-25-28-39(29-26-36)61-47-19-9-7-17-44(47)51-42-15-4-2-12-35(42)27-30-48(51)61/h1-33H. The van der Waals surface area contributed by atoms with Crippen molar-refractivity contribution in [3.05, 3.63) is 200 Å². The maximum atomic E-state index is 6.30. The van der Waals surface area contributed by atoms with E-state index in [2.05, 4.69) is 168 Å². The largest absolute Gasteiger partial charge is 0.456 e. The normalized spacial score (nSPS) is 11.9. The molecule has 0 bridgehead atoms. The third-order valence-corrected chi connectivity index (χ3v) is 12.3. The number of benzene rings is 9. The lowest BCUT2D eigenvalue weighted by atomic mass is 9.98. The Bertz CT molecular complexity index is 3940. The minimum Gasteiger partial charge on any atom is -0.456 e. The zero-order valence-electron chi connectivity index (χ0n) is 33.2. The Morgan fingerprint density at radius 3 is 1.84 bits per heavy atom. The summed E-state index contributed by atoms with van der Waals surface area (Å²) in [6.45, 7) is 0. The lowest BCUT2D eigenvalue weighted by Gasteiger charge is -2.14. The van der Waals surface area contributed by atoms with Crippen molar-refractivity contribution in [1.29, 1.82) is 0 Å². The van der Waals surface area contributed by atoms with E-state index in [9.17, 15) is 0 Å². The van der Waals surface area contributed by atoms with Crippen molar-refractivity contribution in [3.63, 3.8) is 0 Å². The molecule has 4 heterocycles. The molecule has 13 rings (SSSR count). The number of fused-ring (bicyclic) bond motifs is 11. The molecule has 9 aromatic carbocycles.